The summed E-state index contributed by atoms with van der Waals surface area (Å²) in [5.41, 5.74) is 4.82. The van der Waals surface area contributed by atoms with Crippen molar-refractivity contribution in [2.24, 2.45) is 5.73 Å². The van der Waals surface area contributed by atoms with Gasteiger partial charge in [0.25, 0.3) is 0 Å². The fourth-order valence-corrected chi connectivity index (χ4v) is 2.03. The minimum absolute atomic E-state index is 0.265. The van der Waals surface area contributed by atoms with Gasteiger partial charge in [0, 0.05) is 11.3 Å². The molecule has 0 rings (SSSR count). The van der Waals surface area contributed by atoms with Gasteiger partial charge in [-0.2, -0.15) is 11.8 Å². The first-order valence-corrected chi connectivity index (χ1v) is 6.21. The van der Waals surface area contributed by atoms with Crippen molar-refractivity contribution in [1.82, 2.24) is 5.32 Å². The molecule has 0 aromatic heterocycles. The van der Waals surface area contributed by atoms with Crippen LogP contribution in [0.1, 0.15) is 34.1 Å². The van der Waals surface area contributed by atoms with Crippen LogP contribution in [0.5, 0.6) is 0 Å². The lowest BCUT2D eigenvalue weighted by Crippen LogP contribution is -2.56. The maximum Gasteiger partial charge on any atom is 0.237 e. The van der Waals surface area contributed by atoms with E-state index in [4.69, 9.17) is 5.73 Å². The van der Waals surface area contributed by atoms with Gasteiger partial charge in [-0.05, 0) is 33.4 Å². The van der Waals surface area contributed by atoms with Gasteiger partial charge < -0.3 is 11.1 Å². The van der Waals surface area contributed by atoms with Crippen LogP contribution in [-0.2, 0) is 4.79 Å². The van der Waals surface area contributed by atoms with Crippen molar-refractivity contribution in [1.29, 1.82) is 0 Å². The molecule has 3 nitrogen and oxygen atoms in total. The zero-order chi connectivity index (χ0) is 11.4. The molecule has 0 bridgehead atoms. The van der Waals surface area contributed by atoms with Crippen LogP contribution in [0.25, 0.3) is 0 Å². The topological polar surface area (TPSA) is 55.1 Å². The van der Waals surface area contributed by atoms with E-state index >= 15 is 0 Å². The Balaban J connectivity index is 4.47. The van der Waals surface area contributed by atoms with Crippen LogP contribution in [0.3, 0.4) is 0 Å². The highest BCUT2D eigenvalue weighted by Gasteiger charge is 2.32. The molecule has 0 radical (unpaired) electrons. The van der Waals surface area contributed by atoms with Crippen LogP contribution < -0.4 is 11.1 Å². The van der Waals surface area contributed by atoms with Crippen molar-refractivity contribution >= 4 is 17.7 Å². The highest BCUT2D eigenvalue weighted by Crippen LogP contribution is 2.20. The molecule has 0 fully saturated rings. The molecule has 3 N–H and O–H groups in total. The maximum absolute atomic E-state index is 11.4. The van der Waals surface area contributed by atoms with Gasteiger partial charge in [0.2, 0.25) is 5.91 Å². The number of amides is 1. The van der Waals surface area contributed by atoms with E-state index in [0.717, 1.165) is 6.42 Å². The van der Waals surface area contributed by atoms with Crippen LogP contribution in [0.15, 0.2) is 0 Å². The summed E-state index contributed by atoms with van der Waals surface area (Å²) < 4.78 is 0. The van der Waals surface area contributed by atoms with Crippen LogP contribution in [-0.4, -0.2) is 29.0 Å². The molecular formula is C10H22N2OS. The fraction of sp³-hybridized carbons (Fsp3) is 0.900. The molecule has 0 spiro atoms. The number of nitrogens with two attached hydrogens (primary N) is 1. The van der Waals surface area contributed by atoms with E-state index in [1.165, 1.54) is 0 Å². The average molecular weight is 218 g/mol. The zero-order valence-electron chi connectivity index (χ0n) is 9.76. The number of primary amides is 1. The average Bonchev–Trinajstić information content (AvgIpc) is 2.02. The number of carbonyl (C=O) groups is 1. The Morgan fingerprint density at radius 2 is 2.00 bits per heavy atom. The van der Waals surface area contributed by atoms with Crippen molar-refractivity contribution in [3.8, 4) is 0 Å². The summed E-state index contributed by atoms with van der Waals surface area (Å²) in [5.74, 6) is -0.271. The summed E-state index contributed by atoms with van der Waals surface area (Å²) in [6.45, 7) is 8.02. The van der Waals surface area contributed by atoms with Crippen molar-refractivity contribution in [3.63, 3.8) is 0 Å². The quantitative estimate of drug-likeness (QED) is 0.708. The molecule has 0 aromatic rings. The molecule has 0 saturated carbocycles. The Labute approximate surface area is 91.2 Å². The summed E-state index contributed by atoms with van der Waals surface area (Å²) >= 11 is 1.75. The van der Waals surface area contributed by atoms with Crippen LogP contribution >= 0.6 is 11.8 Å². The molecule has 0 aliphatic carbocycles. The van der Waals surface area contributed by atoms with Crippen molar-refractivity contribution in [3.05, 3.63) is 0 Å². The first kappa shape index (κ1) is 13.8. The van der Waals surface area contributed by atoms with Gasteiger partial charge >= 0.3 is 0 Å². The third kappa shape index (κ3) is 4.33. The molecule has 2 atom stereocenters. The maximum atomic E-state index is 11.4. The number of thioether (sulfide) groups is 1. The minimum atomic E-state index is -0.587. The Morgan fingerprint density at radius 1 is 1.50 bits per heavy atom. The molecule has 1 amide bonds. The Bertz CT molecular complexity index is 197. The zero-order valence-corrected chi connectivity index (χ0v) is 10.6. The van der Waals surface area contributed by atoms with E-state index < -0.39 is 5.54 Å². The predicted molar refractivity (Wildman–Crippen MR) is 63.5 cm³/mol. The van der Waals surface area contributed by atoms with Gasteiger partial charge in [-0.15, -0.1) is 0 Å². The highest BCUT2D eigenvalue weighted by molar-refractivity contribution is 7.99. The molecule has 14 heavy (non-hydrogen) atoms. The second kappa shape index (κ2) is 5.61. The lowest BCUT2D eigenvalue weighted by atomic mass is 9.94. The highest BCUT2D eigenvalue weighted by atomic mass is 32.2. The number of nitrogens with one attached hydrogen (secondary N) is 1. The molecule has 0 heterocycles. The minimum Gasteiger partial charge on any atom is -0.368 e. The van der Waals surface area contributed by atoms with E-state index in [9.17, 15) is 4.79 Å². The second-order valence-corrected chi connectivity index (χ2v) is 5.52. The van der Waals surface area contributed by atoms with E-state index in [1.54, 1.807) is 11.8 Å². The Kier molecular flexibility index (Phi) is 5.52. The number of rotatable bonds is 6. The lowest BCUT2D eigenvalue weighted by molar-refractivity contribution is -0.124. The van der Waals surface area contributed by atoms with Crippen LogP contribution in [0.2, 0.25) is 0 Å². The number of hydrogen-bond acceptors (Lipinski definition) is 3. The van der Waals surface area contributed by atoms with E-state index in [1.807, 2.05) is 27.0 Å². The lowest BCUT2D eigenvalue weighted by Gasteiger charge is -2.31. The molecule has 0 saturated heterocycles. The molecule has 0 aromatic carbocycles. The second-order valence-electron chi connectivity index (χ2n) is 4.25. The molecule has 4 heteroatoms. The predicted octanol–water partition coefficient (Wildman–Crippen LogP) is 1.37. The summed E-state index contributed by atoms with van der Waals surface area (Å²) in [6.07, 6.45) is 2.81. The normalized spacial score (nSPS) is 17.9. The summed E-state index contributed by atoms with van der Waals surface area (Å²) in [4.78, 5) is 11.4. The first-order chi connectivity index (χ1) is 6.31. The van der Waals surface area contributed by atoms with E-state index in [0.29, 0.717) is 5.25 Å². The van der Waals surface area contributed by atoms with Gasteiger partial charge in [-0.3, -0.25) is 4.79 Å². The van der Waals surface area contributed by atoms with Gasteiger partial charge in [0.1, 0.15) is 0 Å². The SMILES string of the molecule is CSC(C)CC(C)(NC(C)C)C(N)=O. The monoisotopic (exact) mass is 218 g/mol. The van der Waals surface area contributed by atoms with Crippen LogP contribution in [0, 0.1) is 0 Å². The third-order valence-corrected chi connectivity index (χ3v) is 3.22. The van der Waals surface area contributed by atoms with Gasteiger partial charge in [0.05, 0.1) is 5.54 Å². The molecule has 2 unspecified atom stereocenters. The van der Waals surface area contributed by atoms with Crippen molar-refractivity contribution in [2.75, 3.05) is 6.26 Å². The molecular weight excluding hydrogens is 196 g/mol. The van der Waals surface area contributed by atoms with E-state index in [2.05, 4.69) is 12.2 Å². The largest absolute Gasteiger partial charge is 0.368 e. The van der Waals surface area contributed by atoms with Crippen molar-refractivity contribution < 1.29 is 4.79 Å². The van der Waals surface area contributed by atoms with Gasteiger partial charge in [-0.1, -0.05) is 6.92 Å². The summed E-state index contributed by atoms with van der Waals surface area (Å²) in [5, 5.41) is 3.66. The van der Waals surface area contributed by atoms with Crippen molar-refractivity contribution in [2.45, 2.75) is 50.9 Å². The Morgan fingerprint density at radius 3 is 2.29 bits per heavy atom. The summed E-state index contributed by atoms with van der Waals surface area (Å²) in [7, 11) is 0. The van der Waals surface area contributed by atoms with Gasteiger partial charge in [0.15, 0.2) is 0 Å². The Hall–Kier alpha value is -0.220. The van der Waals surface area contributed by atoms with Gasteiger partial charge in [-0.25, -0.2) is 0 Å². The third-order valence-electron chi connectivity index (χ3n) is 2.25. The number of carbonyl (C=O) groups excluding carboxylic acids is 1. The first-order valence-electron chi connectivity index (χ1n) is 4.92. The van der Waals surface area contributed by atoms with E-state index in [-0.39, 0.29) is 11.9 Å². The standard InChI is InChI=1S/C10H22N2OS/c1-7(2)12-10(4,9(11)13)6-8(3)14-5/h7-8,12H,6H2,1-5H3,(H2,11,13). The molecule has 0 aliphatic rings. The molecule has 0 aliphatic heterocycles. The number of hydrogen-bond donors (Lipinski definition) is 2. The smallest absolute Gasteiger partial charge is 0.237 e. The van der Waals surface area contributed by atoms with Crippen LogP contribution in [0.4, 0.5) is 0 Å². The fourth-order valence-electron chi connectivity index (χ4n) is 1.53. The summed E-state index contributed by atoms with van der Waals surface area (Å²) in [6, 6.07) is 0.265. The molecule has 84 valence electrons.